The zero-order valence-corrected chi connectivity index (χ0v) is 16.2. The van der Waals surface area contributed by atoms with Crippen LogP contribution in [0.3, 0.4) is 0 Å². The van der Waals surface area contributed by atoms with Gasteiger partial charge in [-0.15, -0.1) is 0 Å². The Bertz CT molecular complexity index is 742. The molecule has 1 saturated heterocycles. The molecule has 3 aliphatic rings. The Balaban J connectivity index is 1.68. The third-order valence-corrected chi connectivity index (χ3v) is 6.30. The molecule has 0 saturated carbocycles. The second-order valence-corrected chi connectivity index (χ2v) is 8.05. The molecular formula is C24H30O2. The van der Waals surface area contributed by atoms with E-state index in [1.165, 1.54) is 23.1 Å². The maximum Gasteiger partial charge on any atom is 0.200 e. The van der Waals surface area contributed by atoms with Gasteiger partial charge in [0.05, 0.1) is 6.10 Å². The molecule has 1 aromatic carbocycles. The van der Waals surface area contributed by atoms with Crippen molar-refractivity contribution in [1.82, 2.24) is 0 Å². The molecule has 1 aliphatic heterocycles. The van der Waals surface area contributed by atoms with Crippen LogP contribution in [-0.4, -0.2) is 12.4 Å². The number of fused-ring (bicyclic) bond motifs is 1. The second kappa shape index (κ2) is 7.44. The molecule has 2 aliphatic carbocycles. The van der Waals surface area contributed by atoms with Crippen LogP contribution in [-0.2, 0) is 9.47 Å². The van der Waals surface area contributed by atoms with Gasteiger partial charge in [-0.1, -0.05) is 55.5 Å². The molecule has 4 rings (SSSR count). The van der Waals surface area contributed by atoms with E-state index in [1.807, 2.05) is 0 Å². The molecule has 5 atom stereocenters. The zero-order chi connectivity index (χ0) is 18.1. The lowest BCUT2D eigenvalue weighted by molar-refractivity contribution is -0.154. The average Bonchev–Trinajstić information content (AvgIpc) is 2.66. The van der Waals surface area contributed by atoms with Crippen LogP contribution < -0.4 is 0 Å². The van der Waals surface area contributed by atoms with E-state index in [0.717, 1.165) is 25.0 Å². The van der Waals surface area contributed by atoms with E-state index in [2.05, 4.69) is 69.3 Å². The van der Waals surface area contributed by atoms with Crippen LogP contribution >= 0.6 is 0 Å². The fourth-order valence-corrected chi connectivity index (χ4v) is 4.76. The number of benzene rings is 1. The van der Waals surface area contributed by atoms with E-state index in [0.29, 0.717) is 17.8 Å². The first-order valence-corrected chi connectivity index (χ1v) is 10.1. The van der Waals surface area contributed by atoms with Crippen molar-refractivity contribution in [3.05, 3.63) is 65.3 Å². The number of rotatable bonds is 3. The molecule has 2 nitrogen and oxygen atoms in total. The van der Waals surface area contributed by atoms with Crippen LogP contribution in [0.2, 0.25) is 0 Å². The van der Waals surface area contributed by atoms with Gasteiger partial charge >= 0.3 is 0 Å². The summed E-state index contributed by atoms with van der Waals surface area (Å²) in [4.78, 5) is 0. The summed E-state index contributed by atoms with van der Waals surface area (Å²) in [6, 6.07) is 8.81. The van der Waals surface area contributed by atoms with Crippen LogP contribution in [0.5, 0.6) is 0 Å². The predicted octanol–water partition coefficient (Wildman–Crippen LogP) is 6.21. The van der Waals surface area contributed by atoms with E-state index in [4.69, 9.17) is 9.47 Å². The third-order valence-electron chi connectivity index (χ3n) is 6.30. The van der Waals surface area contributed by atoms with Gasteiger partial charge in [-0.3, -0.25) is 0 Å². The maximum absolute atomic E-state index is 6.47. The van der Waals surface area contributed by atoms with E-state index in [-0.39, 0.29) is 12.4 Å². The van der Waals surface area contributed by atoms with Gasteiger partial charge in [-0.25, -0.2) is 0 Å². The Morgan fingerprint density at radius 3 is 2.69 bits per heavy atom. The van der Waals surface area contributed by atoms with Gasteiger partial charge in [0.1, 0.15) is 5.76 Å². The summed E-state index contributed by atoms with van der Waals surface area (Å²) in [6.45, 7) is 6.75. The highest BCUT2D eigenvalue weighted by molar-refractivity contribution is 5.70. The number of hydrogen-bond acceptors (Lipinski definition) is 2. The summed E-state index contributed by atoms with van der Waals surface area (Å²) >= 11 is 0. The van der Waals surface area contributed by atoms with E-state index in [9.17, 15) is 0 Å². The molecule has 0 aromatic heterocycles. The minimum Gasteiger partial charge on any atom is -0.464 e. The van der Waals surface area contributed by atoms with E-state index < -0.39 is 0 Å². The smallest absolute Gasteiger partial charge is 0.200 e. The van der Waals surface area contributed by atoms with E-state index in [1.54, 1.807) is 0 Å². The molecule has 1 fully saturated rings. The highest BCUT2D eigenvalue weighted by atomic mass is 16.7. The molecule has 0 radical (unpaired) electrons. The van der Waals surface area contributed by atoms with Crippen molar-refractivity contribution in [2.75, 3.05) is 0 Å². The van der Waals surface area contributed by atoms with Crippen LogP contribution in [0.25, 0.3) is 5.76 Å². The summed E-state index contributed by atoms with van der Waals surface area (Å²) in [5.41, 5.74) is 4.05. The fraction of sp³-hybridized carbons (Fsp3) is 0.500. The average molecular weight is 351 g/mol. The number of allylic oxidation sites excluding steroid dienone is 5. The molecule has 5 unspecified atom stereocenters. The first-order chi connectivity index (χ1) is 12.6. The SMILES string of the molecule is CC1=C(OC2CCCC(C)O2)c2ccccc2C(C2C=CC=CC2)C1C. The van der Waals surface area contributed by atoms with Crippen molar-refractivity contribution < 1.29 is 9.47 Å². The Labute approximate surface area is 157 Å². The Morgan fingerprint density at radius 2 is 1.92 bits per heavy atom. The van der Waals surface area contributed by atoms with Gasteiger partial charge in [-0.2, -0.15) is 0 Å². The van der Waals surface area contributed by atoms with Crippen LogP contribution in [0.15, 0.2) is 54.1 Å². The lowest BCUT2D eigenvalue weighted by Crippen LogP contribution is -2.30. The monoisotopic (exact) mass is 350 g/mol. The molecule has 0 amide bonds. The molecular weight excluding hydrogens is 320 g/mol. The molecule has 0 bridgehead atoms. The van der Waals surface area contributed by atoms with Crippen molar-refractivity contribution in [1.29, 1.82) is 0 Å². The zero-order valence-electron chi connectivity index (χ0n) is 16.2. The van der Waals surface area contributed by atoms with Crippen LogP contribution in [0.4, 0.5) is 0 Å². The largest absolute Gasteiger partial charge is 0.464 e. The highest BCUT2D eigenvalue weighted by Gasteiger charge is 2.36. The Kier molecular flexibility index (Phi) is 5.04. The van der Waals surface area contributed by atoms with Gasteiger partial charge < -0.3 is 9.47 Å². The lowest BCUT2D eigenvalue weighted by Gasteiger charge is -2.39. The van der Waals surface area contributed by atoms with E-state index >= 15 is 0 Å². The predicted molar refractivity (Wildman–Crippen MR) is 107 cm³/mol. The first-order valence-electron chi connectivity index (χ1n) is 10.1. The van der Waals surface area contributed by atoms with Crippen molar-refractivity contribution in [3.63, 3.8) is 0 Å². The number of hydrogen-bond donors (Lipinski definition) is 0. The van der Waals surface area contributed by atoms with Crippen molar-refractivity contribution in [2.45, 2.75) is 64.8 Å². The number of ether oxygens (including phenoxy) is 2. The molecule has 138 valence electrons. The summed E-state index contributed by atoms with van der Waals surface area (Å²) in [7, 11) is 0. The summed E-state index contributed by atoms with van der Waals surface area (Å²) in [5.74, 6) is 2.57. The van der Waals surface area contributed by atoms with Crippen LogP contribution in [0.1, 0.15) is 63.5 Å². The van der Waals surface area contributed by atoms with Gasteiger partial charge in [0.25, 0.3) is 0 Å². The van der Waals surface area contributed by atoms with Gasteiger partial charge in [-0.05, 0) is 62.0 Å². The standard InChI is InChI=1S/C24H30O2/c1-16-10-9-15-22(25-16)26-24-18(3)17(2)23(19-11-5-4-6-12-19)20-13-7-8-14-21(20)24/h4-8,11,13-14,16-17,19,22-23H,9-10,12,15H2,1-3H3. The molecule has 26 heavy (non-hydrogen) atoms. The van der Waals surface area contributed by atoms with Gasteiger partial charge in [0, 0.05) is 12.0 Å². The molecule has 2 heteroatoms. The van der Waals surface area contributed by atoms with Crippen LogP contribution in [0, 0.1) is 11.8 Å². The van der Waals surface area contributed by atoms with Crippen molar-refractivity contribution in [2.24, 2.45) is 11.8 Å². The summed E-state index contributed by atoms with van der Waals surface area (Å²) in [6.07, 6.45) is 13.6. The summed E-state index contributed by atoms with van der Waals surface area (Å²) in [5, 5.41) is 0. The van der Waals surface area contributed by atoms with Crippen molar-refractivity contribution >= 4 is 5.76 Å². The maximum atomic E-state index is 6.47. The Morgan fingerprint density at radius 1 is 1.08 bits per heavy atom. The highest BCUT2D eigenvalue weighted by Crippen LogP contribution is 2.48. The normalized spacial score (nSPS) is 33.9. The van der Waals surface area contributed by atoms with Gasteiger partial charge in [0.2, 0.25) is 0 Å². The lowest BCUT2D eigenvalue weighted by atomic mass is 9.68. The van der Waals surface area contributed by atoms with Crippen molar-refractivity contribution in [3.8, 4) is 0 Å². The second-order valence-electron chi connectivity index (χ2n) is 8.05. The molecule has 0 spiro atoms. The minimum atomic E-state index is -0.113. The minimum absolute atomic E-state index is 0.113. The first kappa shape index (κ1) is 17.6. The summed E-state index contributed by atoms with van der Waals surface area (Å²) < 4.78 is 12.5. The topological polar surface area (TPSA) is 18.5 Å². The fourth-order valence-electron chi connectivity index (χ4n) is 4.76. The Hall–Kier alpha value is -1.80. The third kappa shape index (κ3) is 3.27. The quantitative estimate of drug-likeness (QED) is 0.645. The molecule has 0 N–H and O–H groups in total. The molecule has 1 heterocycles. The van der Waals surface area contributed by atoms with Gasteiger partial charge in [0.15, 0.2) is 6.29 Å². The molecule has 1 aromatic rings.